The van der Waals surface area contributed by atoms with Crippen molar-refractivity contribution in [1.29, 1.82) is 0 Å². The minimum atomic E-state index is -0.317. The molecular formula is C20H22N2O4S. The van der Waals surface area contributed by atoms with Crippen molar-refractivity contribution >= 4 is 34.4 Å². The Bertz CT molecular complexity index is 845. The summed E-state index contributed by atoms with van der Waals surface area (Å²) in [5, 5.41) is 5.02. The van der Waals surface area contributed by atoms with Gasteiger partial charge in [0.1, 0.15) is 11.4 Å². The van der Waals surface area contributed by atoms with Crippen molar-refractivity contribution in [3.63, 3.8) is 0 Å². The Morgan fingerprint density at radius 1 is 1.15 bits per heavy atom. The first-order valence-electron chi connectivity index (χ1n) is 8.79. The molecule has 1 aliphatic rings. The maximum Gasteiger partial charge on any atom is 0.278 e. The monoisotopic (exact) mass is 386 g/mol. The van der Waals surface area contributed by atoms with Gasteiger partial charge in [-0.15, -0.1) is 11.3 Å². The molecule has 2 aromatic rings. The van der Waals surface area contributed by atoms with Gasteiger partial charge in [-0.1, -0.05) is 12.1 Å². The maximum absolute atomic E-state index is 13.0. The van der Waals surface area contributed by atoms with E-state index < -0.39 is 0 Å². The van der Waals surface area contributed by atoms with Gasteiger partial charge in [-0.2, -0.15) is 0 Å². The van der Waals surface area contributed by atoms with Gasteiger partial charge in [-0.3, -0.25) is 14.5 Å². The molecule has 0 atom stereocenters. The summed E-state index contributed by atoms with van der Waals surface area (Å²) in [6, 6.07) is 11.0. The van der Waals surface area contributed by atoms with E-state index in [-0.39, 0.29) is 11.8 Å². The molecule has 0 saturated heterocycles. The molecule has 0 fully saturated rings. The van der Waals surface area contributed by atoms with Crippen molar-refractivity contribution in [3.8, 4) is 5.75 Å². The highest BCUT2D eigenvalue weighted by atomic mass is 32.1. The second-order valence-electron chi connectivity index (χ2n) is 5.90. The number of thiophene rings is 1. The molecule has 7 heteroatoms. The summed E-state index contributed by atoms with van der Waals surface area (Å²) in [4.78, 5) is 28.0. The Morgan fingerprint density at radius 3 is 2.70 bits per heavy atom. The average Bonchev–Trinajstić information content (AvgIpc) is 3.28. The Labute approximate surface area is 162 Å². The van der Waals surface area contributed by atoms with Crippen LogP contribution in [0.15, 0.2) is 47.5 Å². The van der Waals surface area contributed by atoms with E-state index in [0.717, 1.165) is 4.88 Å². The molecule has 0 aliphatic carbocycles. The van der Waals surface area contributed by atoms with E-state index in [2.05, 4.69) is 5.32 Å². The van der Waals surface area contributed by atoms with Crippen molar-refractivity contribution in [2.75, 3.05) is 32.2 Å². The van der Waals surface area contributed by atoms with Crippen molar-refractivity contribution in [2.45, 2.75) is 13.3 Å². The zero-order valence-corrected chi connectivity index (χ0v) is 16.2. The van der Waals surface area contributed by atoms with E-state index in [4.69, 9.17) is 9.47 Å². The zero-order chi connectivity index (χ0) is 19.2. The van der Waals surface area contributed by atoms with Crippen molar-refractivity contribution in [3.05, 3.63) is 52.4 Å². The Balaban J connectivity index is 1.88. The van der Waals surface area contributed by atoms with Gasteiger partial charge < -0.3 is 14.8 Å². The lowest BCUT2D eigenvalue weighted by Gasteiger charge is -2.15. The molecule has 3 rings (SSSR count). The molecule has 0 bridgehead atoms. The summed E-state index contributed by atoms with van der Waals surface area (Å²) in [6.07, 6.45) is 0.607. The molecule has 1 aromatic carbocycles. The Kier molecular flexibility index (Phi) is 6.26. The molecule has 27 heavy (non-hydrogen) atoms. The predicted octanol–water partition coefficient (Wildman–Crippen LogP) is 3.38. The van der Waals surface area contributed by atoms with Crippen LogP contribution in [0, 0.1) is 0 Å². The van der Waals surface area contributed by atoms with Crippen LogP contribution in [0.3, 0.4) is 0 Å². The smallest absolute Gasteiger partial charge is 0.278 e. The quantitative estimate of drug-likeness (QED) is 0.529. The molecule has 1 aromatic heterocycles. The highest BCUT2D eigenvalue weighted by molar-refractivity contribution is 7.11. The van der Waals surface area contributed by atoms with Crippen LogP contribution in [0.4, 0.5) is 5.69 Å². The minimum Gasteiger partial charge on any atom is -0.497 e. The number of benzene rings is 1. The van der Waals surface area contributed by atoms with E-state index in [9.17, 15) is 9.59 Å². The van der Waals surface area contributed by atoms with Crippen LogP contribution in [0.25, 0.3) is 5.57 Å². The molecule has 0 spiro atoms. The molecule has 6 nitrogen and oxygen atoms in total. The fourth-order valence-corrected chi connectivity index (χ4v) is 3.63. The minimum absolute atomic E-state index is 0.274. The van der Waals surface area contributed by atoms with Gasteiger partial charge in [0.15, 0.2) is 0 Å². The van der Waals surface area contributed by atoms with Gasteiger partial charge >= 0.3 is 0 Å². The van der Waals surface area contributed by atoms with Gasteiger partial charge in [0.05, 0.1) is 12.7 Å². The maximum atomic E-state index is 13.0. The van der Waals surface area contributed by atoms with E-state index in [1.165, 1.54) is 16.2 Å². The number of hydrogen-bond donors (Lipinski definition) is 1. The Morgan fingerprint density at radius 2 is 2.00 bits per heavy atom. The fourth-order valence-electron chi connectivity index (χ4n) is 2.86. The largest absolute Gasteiger partial charge is 0.497 e. The number of carbonyl (C=O) groups excluding carboxylic acids is 2. The lowest BCUT2D eigenvalue weighted by atomic mass is 10.2. The number of carbonyl (C=O) groups is 2. The lowest BCUT2D eigenvalue weighted by molar-refractivity contribution is -0.137. The molecular weight excluding hydrogens is 364 g/mol. The first-order valence-corrected chi connectivity index (χ1v) is 9.66. The molecule has 0 radical (unpaired) electrons. The van der Waals surface area contributed by atoms with Crippen LogP contribution in [0.2, 0.25) is 0 Å². The van der Waals surface area contributed by atoms with Crippen molar-refractivity contribution < 1.29 is 19.1 Å². The summed E-state index contributed by atoms with van der Waals surface area (Å²) >= 11 is 1.43. The average molecular weight is 386 g/mol. The van der Waals surface area contributed by atoms with E-state index in [0.29, 0.717) is 48.9 Å². The summed E-state index contributed by atoms with van der Waals surface area (Å²) in [7, 11) is 1.58. The third kappa shape index (κ3) is 4.20. The van der Waals surface area contributed by atoms with Crippen LogP contribution in [-0.4, -0.2) is 43.6 Å². The van der Waals surface area contributed by atoms with E-state index in [1.807, 2.05) is 42.6 Å². The number of imide groups is 1. The van der Waals surface area contributed by atoms with Crippen LogP contribution >= 0.6 is 11.3 Å². The normalized spacial score (nSPS) is 14.2. The number of ether oxygens (including phenoxy) is 2. The fraction of sp³-hybridized carbons (Fsp3) is 0.300. The number of anilines is 1. The first-order chi connectivity index (χ1) is 13.2. The molecule has 2 amide bonds. The topological polar surface area (TPSA) is 67.9 Å². The summed E-state index contributed by atoms with van der Waals surface area (Å²) < 4.78 is 10.6. The van der Waals surface area contributed by atoms with Gasteiger partial charge in [-0.25, -0.2) is 0 Å². The Hall–Kier alpha value is -2.64. The van der Waals surface area contributed by atoms with Gasteiger partial charge in [-0.05, 0) is 36.9 Å². The number of nitrogens with one attached hydrogen (secondary N) is 1. The highest BCUT2D eigenvalue weighted by Gasteiger charge is 2.39. The second kappa shape index (κ2) is 8.83. The molecule has 2 heterocycles. The van der Waals surface area contributed by atoms with Crippen molar-refractivity contribution in [1.82, 2.24) is 4.90 Å². The first kappa shape index (κ1) is 19.1. The summed E-state index contributed by atoms with van der Waals surface area (Å²) in [5.41, 5.74) is 1.40. The summed E-state index contributed by atoms with van der Waals surface area (Å²) in [6.45, 7) is 3.37. The van der Waals surface area contributed by atoms with Crippen molar-refractivity contribution in [2.24, 2.45) is 0 Å². The molecule has 0 saturated carbocycles. The SMILES string of the molecule is CCOCCCN1C(=O)C(Nc2cccc(OC)c2)=C(c2cccs2)C1=O. The lowest BCUT2D eigenvalue weighted by Crippen LogP contribution is -2.33. The predicted molar refractivity (Wildman–Crippen MR) is 106 cm³/mol. The van der Waals surface area contributed by atoms with Crippen LogP contribution in [0.1, 0.15) is 18.2 Å². The number of hydrogen-bond acceptors (Lipinski definition) is 6. The second-order valence-corrected chi connectivity index (χ2v) is 6.84. The number of methoxy groups -OCH3 is 1. The van der Waals surface area contributed by atoms with Crippen LogP contribution in [-0.2, 0) is 14.3 Å². The number of amides is 2. The van der Waals surface area contributed by atoms with E-state index in [1.54, 1.807) is 13.2 Å². The molecule has 1 aliphatic heterocycles. The molecule has 142 valence electrons. The number of rotatable bonds is 9. The van der Waals surface area contributed by atoms with Crippen LogP contribution in [0.5, 0.6) is 5.75 Å². The number of nitrogens with zero attached hydrogens (tertiary/aromatic N) is 1. The van der Waals surface area contributed by atoms with Gasteiger partial charge in [0, 0.05) is 36.4 Å². The molecule has 0 unspecified atom stereocenters. The third-order valence-electron chi connectivity index (χ3n) is 4.15. The summed E-state index contributed by atoms with van der Waals surface area (Å²) in [5.74, 6) is 0.0793. The van der Waals surface area contributed by atoms with Gasteiger partial charge in [0.25, 0.3) is 11.8 Å². The standard InChI is InChI=1S/C20H22N2O4S/c1-3-26-11-6-10-22-19(23)17(16-9-5-12-27-16)18(20(22)24)21-14-7-4-8-15(13-14)25-2/h4-5,7-9,12-13,21H,3,6,10-11H2,1-2H3. The van der Waals surface area contributed by atoms with Crippen LogP contribution < -0.4 is 10.1 Å². The van der Waals surface area contributed by atoms with Gasteiger partial charge in [0.2, 0.25) is 0 Å². The highest BCUT2D eigenvalue weighted by Crippen LogP contribution is 2.33. The third-order valence-corrected chi connectivity index (χ3v) is 5.04. The van der Waals surface area contributed by atoms with E-state index >= 15 is 0 Å². The zero-order valence-electron chi connectivity index (χ0n) is 15.4. The molecule has 1 N–H and O–H groups in total.